The lowest BCUT2D eigenvalue weighted by atomic mass is 10.1. The van der Waals surface area contributed by atoms with E-state index in [0.717, 1.165) is 0 Å². The zero-order valence-electron chi connectivity index (χ0n) is 16.7. The van der Waals surface area contributed by atoms with Crippen LogP contribution in [0.5, 0.6) is 0 Å². The van der Waals surface area contributed by atoms with Gasteiger partial charge in [0.1, 0.15) is 5.82 Å². The SMILES string of the molecule is O=S(=O)(N1CCOCC1)N(Cc1ccc(-c2nnc(C(F)F)o2)cc1)c1ccc(F)cc1. The van der Waals surface area contributed by atoms with Crippen LogP contribution in [0.2, 0.25) is 0 Å². The predicted molar refractivity (Wildman–Crippen MR) is 109 cm³/mol. The van der Waals surface area contributed by atoms with Crippen molar-refractivity contribution in [2.75, 3.05) is 30.6 Å². The molecule has 0 unspecified atom stereocenters. The monoisotopic (exact) mass is 468 g/mol. The average molecular weight is 468 g/mol. The second kappa shape index (κ2) is 9.27. The van der Waals surface area contributed by atoms with E-state index in [1.807, 2.05) is 0 Å². The Morgan fingerprint density at radius 3 is 2.25 bits per heavy atom. The first-order valence-electron chi connectivity index (χ1n) is 9.66. The number of anilines is 1. The summed E-state index contributed by atoms with van der Waals surface area (Å²) in [5.74, 6) is -1.32. The van der Waals surface area contributed by atoms with E-state index in [1.54, 1.807) is 24.3 Å². The number of hydrogen-bond donors (Lipinski definition) is 0. The molecular weight excluding hydrogens is 449 g/mol. The van der Waals surface area contributed by atoms with Crippen LogP contribution in [-0.4, -0.2) is 49.2 Å². The number of nitrogens with zero attached hydrogens (tertiary/aromatic N) is 4. The highest BCUT2D eigenvalue weighted by molar-refractivity contribution is 7.90. The summed E-state index contributed by atoms with van der Waals surface area (Å²) in [6.07, 6.45) is -2.87. The van der Waals surface area contributed by atoms with Crippen molar-refractivity contribution in [1.82, 2.24) is 14.5 Å². The van der Waals surface area contributed by atoms with Crippen molar-refractivity contribution in [3.63, 3.8) is 0 Å². The smallest absolute Gasteiger partial charge is 0.314 e. The Kier molecular flexibility index (Phi) is 6.44. The van der Waals surface area contributed by atoms with Crippen LogP contribution in [0, 0.1) is 5.82 Å². The Hall–Kier alpha value is -2.96. The number of hydrogen-bond acceptors (Lipinski definition) is 6. The number of morpholine rings is 1. The molecule has 8 nitrogen and oxygen atoms in total. The van der Waals surface area contributed by atoms with Crippen molar-refractivity contribution in [1.29, 1.82) is 0 Å². The van der Waals surface area contributed by atoms with E-state index in [9.17, 15) is 21.6 Å². The summed E-state index contributed by atoms with van der Waals surface area (Å²) >= 11 is 0. The lowest BCUT2D eigenvalue weighted by Gasteiger charge is -2.33. The molecule has 32 heavy (non-hydrogen) atoms. The van der Waals surface area contributed by atoms with E-state index >= 15 is 0 Å². The zero-order valence-corrected chi connectivity index (χ0v) is 17.5. The quantitative estimate of drug-likeness (QED) is 0.528. The predicted octanol–water partition coefficient (Wildman–Crippen LogP) is 3.40. The van der Waals surface area contributed by atoms with Crippen molar-refractivity contribution in [3.8, 4) is 11.5 Å². The summed E-state index contributed by atoms with van der Waals surface area (Å²) in [7, 11) is -3.92. The molecule has 0 atom stereocenters. The Morgan fingerprint density at radius 2 is 1.66 bits per heavy atom. The highest BCUT2D eigenvalue weighted by Crippen LogP contribution is 2.27. The van der Waals surface area contributed by atoms with Gasteiger partial charge in [-0.2, -0.15) is 21.5 Å². The molecule has 0 aliphatic carbocycles. The number of aromatic nitrogens is 2. The van der Waals surface area contributed by atoms with Crippen LogP contribution in [0.15, 0.2) is 52.9 Å². The molecule has 0 N–H and O–H groups in total. The van der Waals surface area contributed by atoms with Crippen LogP contribution >= 0.6 is 0 Å². The van der Waals surface area contributed by atoms with Gasteiger partial charge < -0.3 is 9.15 Å². The fraction of sp³-hybridized carbons (Fsp3) is 0.300. The van der Waals surface area contributed by atoms with Gasteiger partial charge in [-0.25, -0.2) is 4.39 Å². The fourth-order valence-corrected chi connectivity index (χ4v) is 4.78. The van der Waals surface area contributed by atoms with Crippen LogP contribution in [0.3, 0.4) is 0 Å². The standard InChI is InChI=1S/C20H19F3N4O4S/c21-16-5-7-17(8-6-16)27(32(28,29)26-9-11-30-12-10-26)13-14-1-3-15(4-2-14)19-24-25-20(31-19)18(22)23/h1-8,18H,9-13H2. The molecule has 3 aromatic rings. The van der Waals surface area contributed by atoms with Gasteiger partial charge in [-0.3, -0.25) is 4.31 Å². The molecule has 1 aliphatic heterocycles. The largest absolute Gasteiger partial charge is 0.415 e. The second-order valence-corrected chi connectivity index (χ2v) is 8.80. The van der Waals surface area contributed by atoms with E-state index in [-0.39, 0.29) is 38.7 Å². The van der Waals surface area contributed by atoms with E-state index in [4.69, 9.17) is 9.15 Å². The maximum Gasteiger partial charge on any atom is 0.314 e. The molecule has 2 heterocycles. The average Bonchev–Trinajstić information content (AvgIpc) is 3.30. The normalized spacial score (nSPS) is 15.2. The number of benzene rings is 2. The molecule has 0 radical (unpaired) electrons. The number of rotatable bonds is 7. The lowest BCUT2D eigenvalue weighted by Crippen LogP contribution is -2.48. The van der Waals surface area contributed by atoms with Gasteiger partial charge in [-0.05, 0) is 42.0 Å². The number of alkyl halides is 2. The number of halogens is 3. The van der Waals surface area contributed by atoms with Gasteiger partial charge in [0.05, 0.1) is 25.4 Å². The van der Waals surface area contributed by atoms with E-state index in [2.05, 4.69) is 10.2 Å². The molecule has 0 bridgehead atoms. The molecule has 0 saturated carbocycles. The van der Waals surface area contributed by atoms with Gasteiger partial charge in [0.15, 0.2) is 0 Å². The minimum atomic E-state index is -3.92. The van der Waals surface area contributed by atoms with Gasteiger partial charge in [0.25, 0.3) is 5.89 Å². The molecule has 2 aromatic carbocycles. The summed E-state index contributed by atoms with van der Waals surface area (Å²) in [6, 6.07) is 11.6. The van der Waals surface area contributed by atoms with Crippen LogP contribution < -0.4 is 4.31 Å². The molecular formula is C20H19F3N4O4S. The van der Waals surface area contributed by atoms with E-state index < -0.39 is 28.3 Å². The summed E-state index contributed by atoms with van der Waals surface area (Å²) in [6.45, 7) is 0.967. The van der Waals surface area contributed by atoms with Gasteiger partial charge in [-0.1, -0.05) is 12.1 Å². The summed E-state index contributed by atoms with van der Waals surface area (Å²) in [4.78, 5) is 0. The van der Waals surface area contributed by atoms with Crippen molar-refractivity contribution < 1.29 is 30.7 Å². The van der Waals surface area contributed by atoms with Gasteiger partial charge >= 0.3 is 16.6 Å². The highest BCUT2D eigenvalue weighted by atomic mass is 32.2. The Bertz CT molecular complexity index is 1150. The third-order valence-electron chi connectivity index (χ3n) is 4.84. The molecule has 170 valence electrons. The first kappa shape index (κ1) is 22.2. The van der Waals surface area contributed by atoms with Gasteiger partial charge in [0, 0.05) is 18.7 Å². The summed E-state index contributed by atoms with van der Waals surface area (Å²) < 4.78 is 78.1. The Balaban J connectivity index is 1.61. The van der Waals surface area contributed by atoms with E-state index in [0.29, 0.717) is 16.8 Å². The molecule has 0 spiro atoms. The molecule has 1 aliphatic rings. The third kappa shape index (κ3) is 4.76. The molecule has 4 rings (SSSR count). The number of ether oxygens (including phenoxy) is 1. The summed E-state index contributed by atoms with van der Waals surface area (Å²) in [5.41, 5.74) is 1.33. The van der Waals surface area contributed by atoms with Crippen LogP contribution in [0.1, 0.15) is 17.9 Å². The van der Waals surface area contributed by atoms with Crippen LogP contribution in [0.25, 0.3) is 11.5 Å². The topological polar surface area (TPSA) is 88.8 Å². The second-order valence-electron chi connectivity index (χ2n) is 6.95. The summed E-state index contributed by atoms with van der Waals surface area (Å²) in [5, 5.41) is 6.89. The first-order chi connectivity index (χ1) is 15.3. The maximum atomic E-state index is 13.4. The van der Waals surface area contributed by atoms with Crippen molar-refractivity contribution in [3.05, 3.63) is 65.8 Å². The zero-order chi connectivity index (χ0) is 22.7. The minimum absolute atomic E-state index is 0.0300. The van der Waals surface area contributed by atoms with Gasteiger partial charge in [-0.15, -0.1) is 10.2 Å². The maximum absolute atomic E-state index is 13.4. The van der Waals surface area contributed by atoms with Crippen molar-refractivity contribution in [2.45, 2.75) is 13.0 Å². The molecule has 12 heteroatoms. The molecule has 0 amide bonds. The fourth-order valence-electron chi connectivity index (χ4n) is 3.19. The molecule has 1 aromatic heterocycles. The van der Waals surface area contributed by atoms with Gasteiger partial charge in [0.2, 0.25) is 5.89 Å². The molecule has 1 saturated heterocycles. The van der Waals surface area contributed by atoms with Crippen LogP contribution in [0.4, 0.5) is 18.9 Å². The molecule has 1 fully saturated rings. The minimum Gasteiger partial charge on any atom is -0.415 e. The van der Waals surface area contributed by atoms with E-state index in [1.165, 1.54) is 32.9 Å². The Labute approximate surface area is 182 Å². The third-order valence-corrected chi connectivity index (χ3v) is 6.76. The Morgan fingerprint density at radius 1 is 1.00 bits per heavy atom. The van der Waals surface area contributed by atoms with Crippen molar-refractivity contribution in [2.24, 2.45) is 0 Å². The first-order valence-corrected chi connectivity index (χ1v) is 11.1. The lowest BCUT2D eigenvalue weighted by molar-refractivity contribution is 0.0729. The van der Waals surface area contributed by atoms with Crippen molar-refractivity contribution >= 4 is 15.9 Å². The highest BCUT2D eigenvalue weighted by Gasteiger charge is 2.31. The van der Waals surface area contributed by atoms with Crippen LogP contribution in [-0.2, 0) is 21.5 Å².